The smallest absolute Gasteiger partial charge is 0.443 e. The van der Waals surface area contributed by atoms with E-state index in [0.717, 1.165) is 60.1 Å². The lowest BCUT2D eigenvalue weighted by Gasteiger charge is -2.11. The van der Waals surface area contributed by atoms with Gasteiger partial charge in [-0.1, -0.05) is 57.2 Å². The van der Waals surface area contributed by atoms with Crippen molar-refractivity contribution >= 4 is 11.5 Å². The monoisotopic (exact) mass is 643 g/mol. The number of carboxylic acids is 1. The van der Waals surface area contributed by atoms with E-state index in [4.69, 9.17) is 18.8 Å². The maximum Gasteiger partial charge on any atom is 0.443 e. The van der Waals surface area contributed by atoms with E-state index in [1.54, 1.807) is 19.1 Å². The Kier molecular flexibility index (Phi) is 11.4. The number of aryl methyl sites for hydroxylation is 1. The number of alkyl halides is 3. The van der Waals surface area contributed by atoms with Gasteiger partial charge in [0.2, 0.25) is 5.89 Å². The van der Waals surface area contributed by atoms with Gasteiger partial charge in [-0.15, -0.1) is 4.74 Å². The number of aliphatic carboxylic acids is 1. The summed E-state index contributed by atoms with van der Waals surface area (Å²) in [5.41, 5.74) is 1.00. The lowest BCUT2D eigenvalue weighted by Crippen LogP contribution is -2.31. The molecule has 0 aliphatic carbocycles. The van der Waals surface area contributed by atoms with E-state index in [9.17, 15) is 27.6 Å². The SMILES string of the molecule is CCCCCCCC/C(=C\Cn1oc(=O)n(CC(=O)O)c1=O)c1cccc(OCc2nc(-c3ccc(C(F)(F)F)cc3)oc2C)c1. The number of carboxylic acid groups (broad SMARTS) is 1. The number of carbonyl (C=O) groups is 1. The summed E-state index contributed by atoms with van der Waals surface area (Å²) < 4.78 is 56.8. The number of benzene rings is 2. The second-order valence-corrected chi connectivity index (χ2v) is 10.8. The number of aromatic nitrogens is 3. The van der Waals surface area contributed by atoms with Crippen LogP contribution in [0, 0.1) is 6.92 Å². The van der Waals surface area contributed by atoms with E-state index in [1.165, 1.54) is 18.6 Å². The van der Waals surface area contributed by atoms with Gasteiger partial charge >= 0.3 is 23.6 Å². The Morgan fingerprint density at radius 2 is 1.76 bits per heavy atom. The molecule has 0 bridgehead atoms. The van der Waals surface area contributed by atoms with Gasteiger partial charge in [0.1, 0.15) is 30.4 Å². The minimum absolute atomic E-state index is 0.0491. The van der Waals surface area contributed by atoms with Crippen LogP contribution in [0.1, 0.15) is 74.5 Å². The van der Waals surface area contributed by atoms with Gasteiger partial charge in [-0.05, 0) is 67.3 Å². The molecule has 0 aliphatic heterocycles. The fourth-order valence-corrected chi connectivity index (χ4v) is 4.86. The molecule has 13 heteroatoms. The molecule has 0 fully saturated rings. The van der Waals surface area contributed by atoms with Crippen molar-refractivity contribution in [2.75, 3.05) is 0 Å². The van der Waals surface area contributed by atoms with Crippen molar-refractivity contribution in [1.82, 2.24) is 14.3 Å². The minimum atomic E-state index is -4.44. The highest BCUT2D eigenvalue weighted by Crippen LogP contribution is 2.32. The Balaban J connectivity index is 1.50. The predicted octanol–water partition coefficient (Wildman–Crippen LogP) is 7.08. The summed E-state index contributed by atoms with van der Waals surface area (Å²) in [6.07, 6.45) is 4.50. The Morgan fingerprint density at radius 3 is 2.46 bits per heavy atom. The first kappa shape index (κ1) is 34.1. The highest BCUT2D eigenvalue weighted by Gasteiger charge is 2.30. The van der Waals surface area contributed by atoms with Crippen LogP contribution in [0.3, 0.4) is 0 Å². The third-order valence-electron chi connectivity index (χ3n) is 7.38. The topological polar surface area (TPSA) is 130 Å². The standard InChI is InChI=1S/C33H36F3N3O7/c1-3-4-5-6-7-8-10-23(17-18-39-31(42)38(20-29(40)41)32(43)46-39)25-11-9-12-27(19-25)44-21-28-22(2)45-30(37-28)24-13-15-26(16-14-24)33(34,35)36/h9,11-17,19H,3-8,10,18,20-21H2,1-2H3,(H,40,41)/b23-17+. The maximum atomic E-state index is 12.9. The van der Waals surface area contributed by atoms with Crippen LogP contribution in [0.2, 0.25) is 0 Å². The fourth-order valence-electron chi connectivity index (χ4n) is 4.86. The van der Waals surface area contributed by atoms with Crippen molar-refractivity contribution in [1.29, 1.82) is 0 Å². The van der Waals surface area contributed by atoms with Gasteiger partial charge in [0, 0.05) is 5.56 Å². The molecule has 2 aromatic carbocycles. The summed E-state index contributed by atoms with van der Waals surface area (Å²) in [4.78, 5) is 40.0. The second kappa shape index (κ2) is 15.5. The largest absolute Gasteiger partial charge is 0.487 e. The quantitative estimate of drug-likeness (QED) is 0.128. The Hall–Kier alpha value is -4.81. The molecule has 0 radical (unpaired) electrons. The molecule has 2 aromatic heterocycles. The molecule has 0 unspecified atom stereocenters. The van der Waals surface area contributed by atoms with Crippen LogP contribution in [0.4, 0.5) is 13.2 Å². The van der Waals surface area contributed by atoms with Crippen molar-refractivity contribution in [3.63, 3.8) is 0 Å². The lowest BCUT2D eigenvalue weighted by molar-refractivity contribution is -0.138. The van der Waals surface area contributed by atoms with Crippen LogP contribution in [0.25, 0.3) is 17.0 Å². The summed E-state index contributed by atoms with van der Waals surface area (Å²) >= 11 is 0. The van der Waals surface area contributed by atoms with Crippen LogP contribution >= 0.6 is 0 Å². The average Bonchev–Trinajstić information content (AvgIpc) is 3.52. The van der Waals surface area contributed by atoms with E-state index in [-0.39, 0.29) is 19.0 Å². The zero-order valence-electron chi connectivity index (χ0n) is 25.6. The van der Waals surface area contributed by atoms with E-state index < -0.39 is 35.7 Å². The third kappa shape index (κ3) is 9.11. The van der Waals surface area contributed by atoms with Crippen LogP contribution in [0.5, 0.6) is 5.75 Å². The van der Waals surface area contributed by atoms with Crippen molar-refractivity contribution in [2.24, 2.45) is 0 Å². The number of allylic oxidation sites excluding steroid dienone is 2. The average molecular weight is 644 g/mol. The molecule has 0 saturated heterocycles. The van der Waals surface area contributed by atoms with Gasteiger partial charge in [0.05, 0.1) is 12.1 Å². The normalized spacial score (nSPS) is 12.1. The van der Waals surface area contributed by atoms with Crippen LogP contribution < -0.4 is 16.2 Å². The van der Waals surface area contributed by atoms with Gasteiger partial charge in [0.15, 0.2) is 0 Å². The summed E-state index contributed by atoms with van der Waals surface area (Å²) in [7, 11) is 0. The van der Waals surface area contributed by atoms with Gasteiger partial charge in [-0.2, -0.15) is 13.2 Å². The number of oxazole rings is 1. The number of nitrogens with zero attached hydrogens (tertiary/aromatic N) is 3. The maximum absolute atomic E-state index is 12.9. The van der Waals surface area contributed by atoms with Crippen LogP contribution in [0.15, 0.2) is 73.1 Å². The Morgan fingerprint density at radius 1 is 1.04 bits per heavy atom. The first-order valence-electron chi connectivity index (χ1n) is 15.0. The molecule has 0 spiro atoms. The van der Waals surface area contributed by atoms with Gasteiger partial charge in [-0.25, -0.2) is 19.1 Å². The van der Waals surface area contributed by atoms with Crippen LogP contribution in [-0.4, -0.2) is 25.4 Å². The molecule has 0 saturated carbocycles. The first-order valence-corrected chi connectivity index (χ1v) is 15.0. The molecule has 0 aliphatic rings. The predicted molar refractivity (Wildman–Crippen MR) is 163 cm³/mol. The molecular weight excluding hydrogens is 607 g/mol. The van der Waals surface area contributed by atoms with E-state index >= 15 is 0 Å². The van der Waals surface area contributed by atoms with Crippen molar-refractivity contribution < 1.29 is 36.7 Å². The minimum Gasteiger partial charge on any atom is -0.487 e. The van der Waals surface area contributed by atoms with Gasteiger partial charge < -0.3 is 18.8 Å². The molecule has 0 amide bonds. The Bertz CT molecular complexity index is 1760. The molecule has 2 heterocycles. The van der Waals surface area contributed by atoms with Crippen molar-refractivity contribution in [3.8, 4) is 17.2 Å². The summed E-state index contributed by atoms with van der Waals surface area (Å²) in [5, 5.41) is 8.99. The molecule has 4 rings (SSSR count). The number of ether oxygens (including phenoxy) is 1. The highest BCUT2D eigenvalue weighted by atomic mass is 19.4. The van der Waals surface area contributed by atoms with Crippen molar-refractivity contribution in [2.45, 2.75) is 84.7 Å². The number of hydrogen-bond acceptors (Lipinski definition) is 7. The zero-order chi connectivity index (χ0) is 33.3. The second-order valence-electron chi connectivity index (χ2n) is 10.8. The third-order valence-corrected chi connectivity index (χ3v) is 7.38. The molecule has 10 nitrogen and oxygen atoms in total. The zero-order valence-corrected chi connectivity index (χ0v) is 25.6. The number of rotatable bonds is 16. The van der Waals surface area contributed by atoms with E-state index in [1.807, 2.05) is 18.2 Å². The first-order chi connectivity index (χ1) is 22.0. The molecule has 1 N–H and O–H groups in total. The molecule has 4 aromatic rings. The molecule has 246 valence electrons. The van der Waals surface area contributed by atoms with Crippen molar-refractivity contribution in [3.05, 3.63) is 98.2 Å². The molecule has 46 heavy (non-hydrogen) atoms. The number of halogens is 3. The van der Waals surface area contributed by atoms with Crippen LogP contribution in [-0.2, 0) is 30.7 Å². The highest BCUT2D eigenvalue weighted by molar-refractivity contribution is 5.67. The molecular formula is C33H36F3N3O7. The summed E-state index contributed by atoms with van der Waals surface area (Å²) in [6.45, 7) is 3.04. The number of hydrogen-bond donors (Lipinski definition) is 1. The van der Waals surface area contributed by atoms with Gasteiger partial charge in [-0.3, -0.25) is 4.79 Å². The fraction of sp³-hybridized carbons (Fsp3) is 0.394. The number of unbranched alkanes of at least 4 members (excludes halogenated alkanes) is 5. The van der Waals surface area contributed by atoms with Gasteiger partial charge in [0.25, 0.3) is 0 Å². The summed E-state index contributed by atoms with van der Waals surface area (Å²) in [6, 6.07) is 11.9. The Labute approximate surface area is 262 Å². The molecule has 0 atom stereocenters. The summed E-state index contributed by atoms with van der Waals surface area (Å²) in [5.74, 6) is -1.20. The van der Waals surface area contributed by atoms with E-state index in [0.29, 0.717) is 33.8 Å². The lowest BCUT2D eigenvalue weighted by atomic mass is 9.98. The van der Waals surface area contributed by atoms with E-state index in [2.05, 4.69) is 11.9 Å².